The fourth-order valence-electron chi connectivity index (χ4n) is 5.83. The molecule has 3 N–H and O–H groups in total. The van der Waals surface area contributed by atoms with Gasteiger partial charge in [0.25, 0.3) is 0 Å². The smallest absolute Gasteiger partial charge is 0.407 e. The van der Waals surface area contributed by atoms with E-state index >= 15 is 0 Å². The quantitative estimate of drug-likeness (QED) is 0.0928. The Kier molecular flexibility index (Phi) is 11.8. The second kappa shape index (κ2) is 16.8. The summed E-state index contributed by atoms with van der Waals surface area (Å²) >= 11 is 0. The van der Waals surface area contributed by atoms with Gasteiger partial charge in [-0.05, 0) is 64.8 Å². The molecule has 0 saturated carbocycles. The number of hydrogen-bond acceptors (Lipinski definition) is 6. The lowest BCUT2D eigenvalue weighted by Gasteiger charge is -2.19. The van der Waals surface area contributed by atoms with Gasteiger partial charge < -0.3 is 30.0 Å². The molecule has 2 atom stereocenters. The lowest BCUT2D eigenvalue weighted by Crippen LogP contribution is -2.36. The van der Waals surface area contributed by atoms with E-state index in [1.807, 2.05) is 78.9 Å². The Hall–Kier alpha value is -5.57. The predicted octanol–water partition coefficient (Wildman–Crippen LogP) is 7.11. The highest BCUT2D eigenvalue weighted by Gasteiger charge is 2.29. The molecule has 1 aliphatic rings. The number of carboxylic acid groups (broad SMARTS) is 1. The maximum Gasteiger partial charge on any atom is 0.407 e. The molecular formula is C39H40N2O7. The van der Waals surface area contributed by atoms with Gasteiger partial charge in [-0.15, -0.1) is 0 Å². The zero-order chi connectivity index (χ0) is 33.7. The van der Waals surface area contributed by atoms with Crippen molar-refractivity contribution in [2.45, 2.75) is 37.8 Å². The first-order chi connectivity index (χ1) is 23.4. The van der Waals surface area contributed by atoms with Crippen LogP contribution in [0.3, 0.4) is 0 Å². The number of carbonyl (C=O) groups is 3. The molecular weight excluding hydrogens is 608 g/mol. The average molecular weight is 649 g/mol. The topological polar surface area (TPSA) is 123 Å². The first-order valence-electron chi connectivity index (χ1n) is 16.0. The Bertz CT molecular complexity index is 1660. The van der Waals surface area contributed by atoms with Crippen LogP contribution < -0.4 is 15.4 Å². The van der Waals surface area contributed by atoms with E-state index < -0.39 is 30.1 Å². The highest BCUT2D eigenvalue weighted by Crippen LogP contribution is 2.44. The summed E-state index contributed by atoms with van der Waals surface area (Å²) in [4.78, 5) is 37.3. The van der Waals surface area contributed by atoms with Gasteiger partial charge in [0, 0.05) is 12.5 Å². The Morgan fingerprint density at radius 1 is 0.771 bits per heavy atom. The molecule has 1 aliphatic carbocycles. The van der Waals surface area contributed by atoms with Crippen molar-refractivity contribution >= 4 is 18.2 Å². The molecule has 0 heterocycles. The number of fused-ring (bicyclic) bond motifs is 3. The number of ether oxygens (including phenoxy) is 3. The third-order valence-corrected chi connectivity index (χ3v) is 8.33. The van der Waals surface area contributed by atoms with Gasteiger partial charge in [0.1, 0.15) is 19.0 Å². The predicted molar refractivity (Wildman–Crippen MR) is 183 cm³/mol. The number of nitrogens with one attached hydrogen (secondary N) is 2. The third kappa shape index (κ3) is 9.25. The molecule has 0 radical (unpaired) electrons. The van der Waals surface area contributed by atoms with Crippen LogP contribution in [0.5, 0.6) is 5.75 Å². The molecule has 2 amide bonds. The summed E-state index contributed by atoms with van der Waals surface area (Å²) < 4.78 is 16.3. The third-order valence-electron chi connectivity index (χ3n) is 8.33. The minimum atomic E-state index is -0.998. The van der Waals surface area contributed by atoms with Crippen LogP contribution in [0.15, 0.2) is 115 Å². The minimum absolute atomic E-state index is 0.0839. The molecule has 0 fully saturated rings. The zero-order valence-electron chi connectivity index (χ0n) is 26.8. The van der Waals surface area contributed by atoms with E-state index in [4.69, 9.17) is 14.2 Å². The maximum atomic E-state index is 13.2. The largest absolute Gasteiger partial charge is 0.497 e. The van der Waals surface area contributed by atoms with Crippen molar-refractivity contribution in [2.24, 2.45) is 5.92 Å². The number of hydrogen-bond donors (Lipinski definition) is 3. The van der Waals surface area contributed by atoms with Crippen LogP contribution in [0.4, 0.5) is 9.59 Å². The Morgan fingerprint density at radius 2 is 1.42 bits per heavy atom. The Labute approximate surface area is 280 Å². The van der Waals surface area contributed by atoms with E-state index in [1.165, 1.54) is 0 Å². The number of carbonyl (C=O) groups excluding carboxylic acids is 2. The van der Waals surface area contributed by atoms with Gasteiger partial charge in [0.05, 0.1) is 19.1 Å². The van der Waals surface area contributed by atoms with Crippen molar-refractivity contribution in [3.05, 3.63) is 138 Å². The van der Waals surface area contributed by atoms with Gasteiger partial charge in [-0.1, -0.05) is 103 Å². The molecule has 0 saturated heterocycles. The van der Waals surface area contributed by atoms with Crippen molar-refractivity contribution in [2.75, 3.05) is 20.3 Å². The zero-order valence-corrected chi connectivity index (χ0v) is 26.8. The molecule has 5 rings (SSSR count). The molecule has 0 aromatic heterocycles. The van der Waals surface area contributed by atoms with Crippen LogP contribution in [0.2, 0.25) is 0 Å². The summed E-state index contributed by atoms with van der Waals surface area (Å²) in [5.41, 5.74) is 6.31. The average Bonchev–Trinajstić information content (AvgIpc) is 3.43. The highest BCUT2D eigenvalue weighted by molar-refractivity contribution is 5.79. The van der Waals surface area contributed by atoms with Crippen molar-refractivity contribution in [3.63, 3.8) is 0 Å². The molecule has 0 spiro atoms. The Morgan fingerprint density at radius 3 is 2.06 bits per heavy atom. The van der Waals surface area contributed by atoms with Crippen LogP contribution in [-0.2, 0) is 27.3 Å². The molecule has 9 nitrogen and oxygen atoms in total. The van der Waals surface area contributed by atoms with E-state index in [1.54, 1.807) is 19.3 Å². The lowest BCUT2D eigenvalue weighted by molar-refractivity contribution is -0.140. The number of benzene rings is 4. The van der Waals surface area contributed by atoms with Gasteiger partial charge in [0.15, 0.2) is 0 Å². The molecule has 248 valence electrons. The summed E-state index contributed by atoms with van der Waals surface area (Å²) in [6.45, 7) is 0.579. The van der Waals surface area contributed by atoms with Gasteiger partial charge in [-0.25, -0.2) is 9.59 Å². The minimum Gasteiger partial charge on any atom is -0.497 e. The summed E-state index contributed by atoms with van der Waals surface area (Å²) in [5, 5.41) is 15.5. The molecule has 4 aromatic rings. The molecule has 0 aliphatic heterocycles. The fraction of sp³-hybridized carbons (Fsp3) is 0.256. The normalized spacial score (nSPS) is 13.2. The Balaban J connectivity index is 1.18. The van der Waals surface area contributed by atoms with Crippen LogP contribution in [0, 0.1) is 5.92 Å². The van der Waals surface area contributed by atoms with E-state index in [0.29, 0.717) is 18.6 Å². The van der Waals surface area contributed by atoms with Gasteiger partial charge in [0.2, 0.25) is 0 Å². The number of amides is 2. The monoisotopic (exact) mass is 648 g/mol. The van der Waals surface area contributed by atoms with E-state index in [2.05, 4.69) is 34.9 Å². The number of rotatable bonds is 15. The molecule has 4 aromatic carbocycles. The van der Waals surface area contributed by atoms with Crippen LogP contribution in [0.25, 0.3) is 11.1 Å². The van der Waals surface area contributed by atoms with Crippen molar-refractivity contribution < 1.29 is 33.7 Å². The molecule has 9 heteroatoms. The standard InChI is InChI=1S/C39H40N2O7/c1-46-31-21-17-27(18-22-31)24-30(20-19-29(37(42)43)12-9-23-40-38(44)47-25-28-10-3-2-4-11-28)41-39(45)48-26-36-34-15-7-5-13-32(34)33-14-6-8-16-35(33)36/h2-8,10-11,13-22,29-30,36H,9,12,23-26H2,1H3,(H,40,44)(H,41,45)(H,42,43)/b20-19+/t29-,30+/m1/s1. The first-order valence-corrected chi connectivity index (χ1v) is 16.0. The van der Waals surface area contributed by atoms with Crippen molar-refractivity contribution in [1.29, 1.82) is 0 Å². The van der Waals surface area contributed by atoms with Crippen LogP contribution in [0.1, 0.15) is 41.0 Å². The fourth-order valence-corrected chi connectivity index (χ4v) is 5.83. The van der Waals surface area contributed by atoms with E-state index in [9.17, 15) is 19.5 Å². The number of alkyl carbamates (subject to hydrolysis) is 2. The second-order valence-electron chi connectivity index (χ2n) is 11.6. The van der Waals surface area contributed by atoms with Crippen LogP contribution in [-0.4, -0.2) is 49.6 Å². The number of methoxy groups -OCH3 is 1. The summed E-state index contributed by atoms with van der Waals surface area (Å²) in [5.74, 6) is -1.20. The molecule has 0 bridgehead atoms. The lowest BCUT2D eigenvalue weighted by atomic mass is 9.98. The molecule has 0 unspecified atom stereocenters. The van der Waals surface area contributed by atoms with Gasteiger partial charge in [-0.3, -0.25) is 4.79 Å². The van der Waals surface area contributed by atoms with Gasteiger partial charge in [-0.2, -0.15) is 0 Å². The second-order valence-corrected chi connectivity index (χ2v) is 11.6. The maximum absolute atomic E-state index is 13.2. The van der Waals surface area contributed by atoms with E-state index in [0.717, 1.165) is 33.4 Å². The van der Waals surface area contributed by atoms with Crippen molar-refractivity contribution in [3.8, 4) is 16.9 Å². The van der Waals surface area contributed by atoms with Crippen LogP contribution >= 0.6 is 0 Å². The van der Waals surface area contributed by atoms with E-state index in [-0.39, 0.29) is 32.1 Å². The first kappa shape index (κ1) is 33.8. The summed E-state index contributed by atoms with van der Waals surface area (Å²) in [6, 6.07) is 32.5. The van der Waals surface area contributed by atoms with Crippen molar-refractivity contribution in [1.82, 2.24) is 10.6 Å². The highest BCUT2D eigenvalue weighted by atomic mass is 16.6. The number of carboxylic acids is 1. The molecule has 48 heavy (non-hydrogen) atoms. The van der Waals surface area contributed by atoms with Gasteiger partial charge >= 0.3 is 18.2 Å². The summed E-state index contributed by atoms with van der Waals surface area (Å²) in [6.07, 6.45) is 3.25. The number of aliphatic carboxylic acids is 1. The summed E-state index contributed by atoms with van der Waals surface area (Å²) in [7, 11) is 1.59. The SMILES string of the molecule is COc1ccc(C[C@H](/C=C/[C@@H](CCCNC(=O)OCc2ccccc2)C(=O)O)NC(=O)OCC2c3ccccc3-c3ccccc32)cc1.